The number of carbonyl (C=O) groups is 4. The topological polar surface area (TPSA) is 104 Å². The zero-order chi connectivity index (χ0) is 20.3. The smallest absolute Gasteiger partial charge is 0.310 e. The van der Waals surface area contributed by atoms with Crippen LogP contribution in [0.2, 0.25) is 0 Å². The normalized spacial score (nSPS) is 16.6. The highest BCUT2D eigenvalue weighted by molar-refractivity contribution is 6.22. The van der Waals surface area contributed by atoms with Crippen LogP contribution in [-0.2, 0) is 14.3 Å². The molecule has 1 aromatic carbocycles. The minimum atomic E-state index is -1.07. The van der Waals surface area contributed by atoms with Gasteiger partial charge in [0.1, 0.15) is 6.04 Å². The lowest BCUT2D eigenvalue weighted by Gasteiger charge is -2.31. The molecule has 8 heteroatoms. The number of ether oxygens (including phenoxy) is 1. The molecule has 0 aromatic heterocycles. The molecule has 8 nitrogen and oxygen atoms in total. The van der Waals surface area contributed by atoms with Crippen molar-refractivity contribution < 1.29 is 29.0 Å². The Bertz CT molecular complexity index is 725. The number of benzene rings is 1. The number of methoxy groups -OCH3 is 1. The lowest BCUT2D eigenvalue weighted by molar-refractivity contribution is -0.147. The Labute approximate surface area is 157 Å². The highest BCUT2D eigenvalue weighted by Gasteiger charge is 2.42. The second-order valence-corrected chi connectivity index (χ2v) is 6.72. The monoisotopic (exact) mass is 376 g/mol. The van der Waals surface area contributed by atoms with Gasteiger partial charge in [-0.25, -0.2) is 0 Å². The molecular formula is C19H24N2O6. The molecule has 146 valence electrons. The molecule has 0 spiro atoms. The van der Waals surface area contributed by atoms with Crippen LogP contribution in [0.15, 0.2) is 24.3 Å². The lowest BCUT2D eigenvalue weighted by Crippen LogP contribution is -2.52. The van der Waals surface area contributed by atoms with Crippen LogP contribution in [0, 0.1) is 5.92 Å². The van der Waals surface area contributed by atoms with E-state index in [2.05, 4.69) is 4.74 Å². The third-order valence-corrected chi connectivity index (χ3v) is 4.46. The molecule has 0 aliphatic carbocycles. The quantitative estimate of drug-likeness (QED) is 0.555. The predicted molar refractivity (Wildman–Crippen MR) is 95.8 cm³/mol. The van der Waals surface area contributed by atoms with E-state index in [1.54, 1.807) is 31.2 Å². The SMILES string of the molecule is COC(=O)C(C)CN(CC(C)O)C(=O)C(C)N1C(=O)c2ccccc2C1=O. The fourth-order valence-corrected chi connectivity index (χ4v) is 3.11. The summed E-state index contributed by atoms with van der Waals surface area (Å²) in [4.78, 5) is 52.0. The molecule has 0 fully saturated rings. The summed E-state index contributed by atoms with van der Waals surface area (Å²) in [5, 5.41) is 9.72. The molecule has 1 heterocycles. The maximum absolute atomic E-state index is 13.0. The number of hydrogen-bond acceptors (Lipinski definition) is 6. The molecule has 1 aromatic rings. The maximum Gasteiger partial charge on any atom is 0.310 e. The van der Waals surface area contributed by atoms with E-state index in [0.717, 1.165) is 4.90 Å². The Morgan fingerprint density at radius 1 is 1.07 bits per heavy atom. The highest BCUT2D eigenvalue weighted by Crippen LogP contribution is 2.25. The fourth-order valence-electron chi connectivity index (χ4n) is 3.11. The van der Waals surface area contributed by atoms with Gasteiger partial charge in [-0.05, 0) is 26.0 Å². The Hall–Kier alpha value is -2.74. The first-order valence-electron chi connectivity index (χ1n) is 8.70. The average Bonchev–Trinajstić information content (AvgIpc) is 2.89. The van der Waals surface area contributed by atoms with Crippen LogP contribution in [0.5, 0.6) is 0 Å². The van der Waals surface area contributed by atoms with Gasteiger partial charge in [0.25, 0.3) is 11.8 Å². The Kier molecular flexibility index (Phi) is 6.32. The number of imide groups is 1. The van der Waals surface area contributed by atoms with Crippen LogP contribution in [-0.4, -0.2) is 70.9 Å². The van der Waals surface area contributed by atoms with E-state index in [1.165, 1.54) is 25.9 Å². The Morgan fingerprint density at radius 3 is 2.04 bits per heavy atom. The van der Waals surface area contributed by atoms with E-state index in [0.29, 0.717) is 0 Å². The zero-order valence-electron chi connectivity index (χ0n) is 15.8. The zero-order valence-corrected chi connectivity index (χ0v) is 15.8. The molecule has 0 radical (unpaired) electrons. The van der Waals surface area contributed by atoms with Gasteiger partial charge in [0.15, 0.2) is 0 Å². The molecule has 1 N–H and O–H groups in total. The van der Waals surface area contributed by atoms with Crippen LogP contribution in [0.25, 0.3) is 0 Å². The molecule has 1 aliphatic heterocycles. The van der Waals surface area contributed by atoms with E-state index in [9.17, 15) is 24.3 Å². The minimum absolute atomic E-state index is 0.00388. The number of fused-ring (bicyclic) bond motifs is 1. The molecule has 0 saturated heterocycles. The molecular weight excluding hydrogens is 352 g/mol. The van der Waals surface area contributed by atoms with Crippen LogP contribution in [0.3, 0.4) is 0 Å². The fraction of sp³-hybridized carbons (Fsp3) is 0.474. The van der Waals surface area contributed by atoms with Gasteiger partial charge in [-0.2, -0.15) is 0 Å². The van der Waals surface area contributed by atoms with Gasteiger partial charge in [-0.1, -0.05) is 19.1 Å². The van der Waals surface area contributed by atoms with Crippen LogP contribution >= 0.6 is 0 Å². The van der Waals surface area contributed by atoms with E-state index in [1.807, 2.05) is 0 Å². The van der Waals surface area contributed by atoms with Crippen LogP contribution < -0.4 is 0 Å². The molecule has 1 aliphatic rings. The molecule has 3 amide bonds. The first-order chi connectivity index (χ1) is 12.7. The van der Waals surface area contributed by atoms with Gasteiger partial charge in [-0.15, -0.1) is 0 Å². The number of aliphatic hydroxyl groups excluding tert-OH is 1. The van der Waals surface area contributed by atoms with Gasteiger partial charge >= 0.3 is 5.97 Å². The third kappa shape index (κ3) is 4.16. The summed E-state index contributed by atoms with van der Waals surface area (Å²) in [5.74, 6) is -2.70. The summed E-state index contributed by atoms with van der Waals surface area (Å²) in [7, 11) is 1.25. The van der Waals surface area contributed by atoms with Crippen molar-refractivity contribution in [3.63, 3.8) is 0 Å². The minimum Gasteiger partial charge on any atom is -0.469 e. The molecule has 2 rings (SSSR count). The summed E-state index contributed by atoms with van der Waals surface area (Å²) in [5.41, 5.74) is 0.513. The van der Waals surface area contributed by atoms with Gasteiger partial charge < -0.3 is 14.7 Å². The van der Waals surface area contributed by atoms with Gasteiger partial charge in [-0.3, -0.25) is 24.1 Å². The van der Waals surface area contributed by atoms with Crippen molar-refractivity contribution >= 4 is 23.7 Å². The van der Waals surface area contributed by atoms with Gasteiger partial charge in [0.2, 0.25) is 5.91 Å². The van der Waals surface area contributed by atoms with Crippen molar-refractivity contribution in [3.8, 4) is 0 Å². The standard InChI is InChI=1S/C19H24N2O6/c1-11(19(26)27-4)9-20(10-12(2)22)16(23)13(3)21-17(24)14-7-5-6-8-15(14)18(21)25/h5-8,11-13,22H,9-10H2,1-4H3. The summed E-state index contributed by atoms with van der Waals surface area (Å²) >= 11 is 0. The van der Waals surface area contributed by atoms with E-state index >= 15 is 0 Å². The van der Waals surface area contributed by atoms with Crippen LogP contribution in [0.4, 0.5) is 0 Å². The summed E-state index contributed by atoms with van der Waals surface area (Å²) in [6, 6.07) is 5.32. The van der Waals surface area contributed by atoms with E-state index in [-0.39, 0.29) is 24.2 Å². The number of aliphatic hydroxyl groups is 1. The number of esters is 1. The molecule has 27 heavy (non-hydrogen) atoms. The molecule has 0 bridgehead atoms. The largest absolute Gasteiger partial charge is 0.469 e. The Balaban J connectivity index is 2.23. The van der Waals surface area contributed by atoms with E-state index < -0.39 is 41.8 Å². The van der Waals surface area contributed by atoms with Crippen molar-refractivity contribution in [1.29, 1.82) is 0 Å². The lowest BCUT2D eigenvalue weighted by atomic mass is 10.1. The third-order valence-electron chi connectivity index (χ3n) is 4.46. The van der Waals surface area contributed by atoms with Gasteiger partial charge in [0.05, 0.1) is 30.3 Å². The number of hydrogen-bond donors (Lipinski definition) is 1. The first kappa shape index (κ1) is 20.6. The highest BCUT2D eigenvalue weighted by atomic mass is 16.5. The second kappa shape index (κ2) is 8.30. The molecule has 0 saturated carbocycles. The summed E-state index contributed by atoms with van der Waals surface area (Å²) < 4.78 is 4.68. The number of rotatable bonds is 7. The van der Waals surface area contributed by atoms with Crippen molar-refractivity contribution in [3.05, 3.63) is 35.4 Å². The van der Waals surface area contributed by atoms with Gasteiger partial charge in [0, 0.05) is 13.1 Å². The number of carbonyl (C=O) groups excluding carboxylic acids is 4. The summed E-state index contributed by atoms with van der Waals surface area (Å²) in [6.45, 7) is 4.54. The van der Waals surface area contributed by atoms with Crippen molar-refractivity contribution in [2.45, 2.75) is 32.9 Å². The second-order valence-electron chi connectivity index (χ2n) is 6.72. The average molecular weight is 376 g/mol. The number of nitrogens with zero attached hydrogens (tertiary/aromatic N) is 2. The molecule has 3 atom stereocenters. The van der Waals surface area contributed by atoms with Crippen LogP contribution in [0.1, 0.15) is 41.5 Å². The van der Waals surface area contributed by atoms with E-state index in [4.69, 9.17) is 0 Å². The van der Waals surface area contributed by atoms with Crippen molar-refractivity contribution in [2.24, 2.45) is 5.92 Å². The Morgan fingerprint density at radius 2 is 1.59 bits per heavy atom. The van der Waals surface area contributed by atoms with Crippen molar-refractivity contribution in [1.82, 2.24) is 9.80 Å². The molecule has 3 unspecified atom stereocenters. The summed E-state index contributed by atoms with van der Waals surface area (Å²) in [6.07, 6.45) is -0.840. The maximum atomic E-state index is 13.0. The predicted octanol–water partition coefficient (Wildman–Crippen LogP) is 0.690. The van der Waals surface area contributed by atoms with Crippen molar-refractivity contribution in [2.75, 3.05) is 20.2 Å². The number of amides is 3. The first-order valence-corrected chi connectivity index (χ1v) is 8.70.